The molecule has 2 aromatic carbocycles. The van der Waals surface area contributed by atoms with Crippen molar-refractivity contribution in [3.63, 3.8) is 0 Å². The Kier molecular flexibility index (Phi) is 3.35. The summed E-state index contributed by atoms with van der Waals surface area (Å²) in [6.07, 6.45) is 0. The van der Waals surface area contributed by atoms with E-state index in [1.165, 1.54) is 0 Å². The molecule has 0 fully saturated rings. The summed E-state index contributed by atoms with van der Waals surface area (Å²) in [7, 11) is 1.64. The molecule has 3 aromatic rings. The Bertz CT molecular complexity index is 753. The van der Waals surface area contributed by atoms with Crippen LogP contribution in [0.3, 0.4) is 0 Å². The van der Waals surface area contributed by atoms with E-state index in [0.29, 0.717) is 0 Å². The molecular weight excluding hydrogens is 250 g/mol. The molecule has 0 spiro atoms. The monoisotopic (exact) mass is 265 g/mol. The molecule has 0 aliphatic rings. The minimum absolute atomic E-state index is 0.00180. The predicted molar refractivity (Wildman–Crippen MR) is 79.7 cm³/mol. The lowest BCUT2D eigenvalue weighted by atomic mass is 10.0. The lowest BCUT2D eigenvalue weighted by molar-refractivity contribution is 0.282. The van der Waals surface area contributed by atoms with Crippen LogP contribution in [0.15, 0.2) is 54.6 Å². The number of hydrogen-bond acceptors (Lipinski definition) is 3. The molecule has 0 saturated heterocycles. The minimum Gasteiger partial charge on any atom is -0.494 e. The van der Waals surface area contributed by atoms with Crippen LogP contribution in [0.2, 0.25) is 0 Å². The number of para-hydroxylation sites is 1. The highest BCUT2D eigenvalue weighted by atomic mass is 16.5. The second kappa shape index (κ2) is 5.31. The van der Waals surface area contributed by atoms with Gasteiger partial charge in [0.15, 0.2) is 0 Å². The summed E-state index contributed by atoms with van der Waals surface area (Å²) in [4.78, 5) is 4.69. The fraction of sp³-hybridized carbons (Fsp3) is 0.118. The van der Waals surface area contributed by atoms with Crippen LogP contribution in [0.1, 0.15) is 5.56 Å². The van der Waals surface area contributed by atoms with E-state index in [1.807, 2.05) is 54.6 Å². The second-order valence-corrected chi connectivity index (χ2v) is 4.54. The van der Waals surface area contributed by atoms with Gasteiger partial charge in [0, 0.05) is 10.9 Å². The van der Waals surface area contributed by atoms with Crippen molar-refractivity contribution in [2.45, 2.75) is 6.61 Å². The Morgan fingerprint density at radius 1 is 1.00 bits per heavy atom. The molecule has 0 aliphatic carbocycles. The highest BCUT2D eigenvalue weighted by Gasteiger charge is 2.08. The number of hydrogen-bond donors (Lipinski definition) is 1. The molecule has 1 heterocycles. The number of methoxy groups -OCH3 is 1. The van der Waals surface area contributed by atoms with Crippen LogP contribution in [0, 0.1) is 0 Å². The predicted octanol–water partition coefficient (Wildman–Crippen LogP) is 3.40. The molecule has 0 amide bonds. The molecule has 0 unspecified atom stereocenters. The van der Waals surface area contributed by atoms with Gasteiger partial charge in [0.25, 0.3) is 0 Å². The van der Waals surface area contributed by atoms with Crippen LogP contribution in [0.25, 0.3) is 22.2 Å². The number of rotatable bonds is 3. The van der Waals surface area contributed by atoms with Crippen LogP contribution in [-0.4, -0.2) is 17.2 Å². The van der Waals surface area contributed by atoms with E-state index in [1.54, 1.807) is 7.11 Å². The number of ether oxygens (including phenoxy) is 1. The van der Waals surface area contributed by atoms with Crippen LogP contribution in [0.5, 0.6) is 5.75 Å². The third-order valence-electron chi connectivity index (χ3n) is 3.37. The van der Waals surface area contributed by atoms with Crippen LogP contribution in [0.4, 0.5) is 0 Å². The Morgan fingerprint density at radius 3 is 2.65 bits per heavy atom. The van der Waals surface area contributed by atoms with Gasteiger partial charge in [0.1, 0.15) is 11.3 Å². The summed E-state index contributed by atoms with van der Waals surface area (Å²) in [6, 6.07) is 17.6. The van der Waals surface area contributed by atoms with Gasteiger partial charge in [-0.1, -0.05) is 42.5 Å². The highest BCUT2D eigenvalue weighted by Crippen LogP contribution is 2.28. The van der Waals surface area contributed by atoms with E-state index in [0.717, 1.165) is 33.5 Å². The van der Waals surface area contributed by atoms with Crippen molar-refractivity contribution in [3.05, 3.63) is 60.2 Å². The van der Waals surface area contributed by atoms with E-state index in [-0.39, 0.29) is 6.61 Å². The number of aromatic nitrogens is 1. The first-order valence-electron chi connectivity index (χ1n) is 6.46. The van der Waals surface area contributed by atoms with Gasteiger partial charge in [-0.25, -0.2) is 4.98 Å². The van der Waals surface area contributed by atoms with Crippen LogP contribution in [-0.2, 0) is 6.61 Å². The van der Waals surface area contributed by atoms with Crippen LogP contribution < -0.4 is 4.74 Å². The molecule has 0 aliphatic heterocycles. The molecule has 3 rings (SSSR count). The fourth-order valence-electron chi connectivity index (χ4n) is 2.34. The Labute approximate surface area is 117 Å². The Morgan fingerprint density at radius 2 is 1.85 bits per heavy atom. The summed E-state index contributed by atoms with van der Waals surface area (Å²) in [5.41, 5.74) is 3.49. The molecule has 3 nitrogen and oxygen atoms in total. The number of pyridine rings is 1. The zero-order valence-electron chi connectivity index (χ0n) is 11.2. The third kappa shape index (κ3) is 2.12. The molecule has 0 atom stereocenters. The summed E-state index contributed by atoms with van der Waals surface area (Å²) in [6.45, 7) is 0.00180. The van der Waals surface area contributed by atoms with Gasteiger partial charge in [-0.05, 0) is 17.7 Å². The number of benzene rings is 2. The zero-order chi connectivity index (χ0) is 13.9. The molecule has 1 N–H and O–H groups in total. The summed E-state index contributed by atoms with van der Waals surface area (Å²) in [5, 5.41) is 10.5. The molecule has 0 bridgehead atoms. The molecule has 20 heavy (non-hydrogen) atoms. The smallest absolute Gasteiger partial charge is 0.145 e. The number of aliphatic hydroxyl groups excluding tert-OH is 1. The number of fused-ring (bicyclic) bond motifs is 1. The Hall–Kier alpha value is -2.39. The van der Waals surface area contributed by atoms with Crippen molar-refractivity contribution in [3.8, 4) is 17.0 Å². The maximum atomic E-state index is 9.44. The van der Waals surface area contributed by atoms with Crippen molar-refractivity contribution >= 4 is 10.9 Å². The van der Waals surface area contributed by atoms with Gasteiger partial charge in [-0.2, -0.15) is 0 Å². The van der Waals surface area contributed by atoms with Crippen molar-refractivity contribution in [2.24, 2.45) is 0 Å². The van der Waals surface area contributed by atoms with Gasteiger partial charge in [-0.3, -0.25) is 0 Å². The summed E-state index contributed by atoms with van der Waals surface area (Å²) >= 11 is 0. The van der Waals surface area contributed by atoms with Crippen molar-refractivity contribution in [1.29, 1.82) is 0 Å². The van der Waals surface area contributed by atoms with Gasteiger partial charge < -0.3 is 9.84 Å². The maximum absolute atomic E-state index is 9.44. The Balaban J connectivity index is 2.22. The number of nitrogens with zero attached hydrogens (tertiary/aromatic N) is 1. The van der Waals surface area contributed by atoms with E-state index < -0.39 is 0 Å². The molecule has 3 heteroatoms. The van der Waals surface area contributed by atoms with Gasteiger partial charge >= 0.3 is 0 Å². The topological polar surface area (TPSA) is 42.4 Å². The van der Waals surface area contributed by atoms with E-state index in [2.05, 4.69) is 4.98 Å². The standard InChI is InChI=1S/C17H15NO2/c1-20-16-8-4-6-12-9-10-15(18-17(12)16)14-7-3-2-5-13(14)11-19/h2-10,19H,11H2,1H3. The lowest BCUT2D eigenvalue weighted by Gasteiger charge is -2.09. The average molecular weight is 265 g/mol. The van der Waals surface area contributed by atoms with Gasteiger partial charge in [-0.15, -0.1) is 0 Å². The van der Waals surface area contributed by atoms with Crippen molar-refractivity contribution in [2.75, 3.05) is 7.11 Å². The first kappa shape index (κ1) is 12.6. The normalized spacial score (nSPS) is 10.7. The minimum atomic E-state index is 0.00180. The molecule has 0 saturated carbocycles. The zero-order valence-corrected chi connectivity index (χ0v) is 11.2. The second-order valence-electron chi connectivity index (χ2n) is 4.54. The van der Waals surface area contributed by atoms with E-state index in [9.17, 15) is 5.11 Å². The SMILES string of the molecule is COc1cccc2ccc(-c3ccccc3CO)nc12. The fourth-order valence-corrected chi connectivity index (χ4v) is 2.34. The first-order valence-corrected chi connectivity index (χ1v) is 6.46. The largest absolute Gasteiger partial charge is 0.494 e. The van der Waals surface area contributed by atoms with Crippen LogP contribution >= 0.6 is 0 Å². The first-order chi connectivity index (χ1) is 9.83. The summed E-state index contributed by atoms with van der Waals surface area (Å²) in [5.74, 6) is 0.755. The van der Waals surface area contributed by atoms with Crippen molar-refractivity contribution in [1.82, 2.24) is 4.98 Å². The molecular formula is C17H15NO2. The summed E-state index contributed by atoms with van der Waals surface area (Å²) < 4.78 is 5.36. The maximum Gasteiger partial charge on any atom is 0.145 e. The van der Waals surface area contributed by atoms with E-state index >= 15 is 0 Å². The molecule has 1 aromatic heterocycles. The third-order valence-corrected chi connectivity index (χ3v) is 3.37. The quantitative estimate of drug-likeness (QED) is 0.789. The van der Waals surface area contributed by atoms with Gasteiger partial charge in [0.2, 0.25) is 0 Å². The number of aliphatic hydroxyl groups is 1. The highest BCUT2D eigenvalue weighted by molar-refractivity contribution is 5.87. The van der Waals surface area contributed by atoms with Crippen molar-refractivity contribution < 1.29 is 9.84 Å². The van der Waals surface area contributed by atoms with Gasteiger partial charge in [0.05, 0.1) is 19.4 Å². The average Bonchev–Trinajstić information content (AvgIpc) is 2.53. The lowest BCUT2D eigenvalue weighted by Crippen LogP contribution is -1.93. The molecule has 100 valence electrons. The van der Waals surface area contributed by atoms with E-state index in [4.69, 9.17) is 4.74 Å². The molecule has 0 radical (unpaired) electrons.